The minimum Gasteiger partial charge on any atom is -0.489 e. The van der Waals surface area contributed by atoms with Gasteiger partial charge in [-0.2, -0.15) is 10.4 Å². The Morgan fingerprint density at radius 1 is 1.31 bits per heavy atom. The van der Waals surface area contributed by atoms with E-state index in [1.807, 2.05) is 18.2 Å². The lowest BCUT2D eigenvalue weighted by molar-refractivity contribution is -0.125. The summed E-state index contributed by atoms with van der Waals surface area (Å²) in [6.07, 6.45) is 9.53. The van der Waals surface area contributed by atoms with Gasteiger partial charge in [0.2, 0.25) is 0 Å². The maximum Gasteiger partial charge on any atom is 0.298 e. The molecule has 0 spiro atoms. The first-order valence-corrected chi connectivity index (χ1v) is 10.2. The van der Waals surface area contributed by atoms with Crippen molar-refractivity contribution in [1.29, 1.82) is 5.26 Å². The van der Waals surface area contributed by atoms with Crippen LogP contribution in [0.2, 0.25) is 0 Å². The van der Waals surface area contributed by atoms with Gasteiger partial charge in [-0.3, -0.25) is 4.79 Å². The van der Waals surface area contributed by atoms with Crippen LogP contribution in [0, 0.1) is 23.7 Å². The van der Waals surface area contributed by atoms with Crippen molar-refractivity contribution in [2.45, 2.75) is 13.0 Å². The summed E-state index contributed by atoms with van der Waals surface area (Å²) in [5, 5.41) is 23.3. The SMILES string of the molecule is C#CC(=O)N1CCN(c2ccc(-c3cc(OC[C@@H](C)O)cn4ncc(C#N)c34)cn2)CC1. The first-order chi connectivity index (χ1) is 15.5. The Labute approximate surface area is 185 Å². The largest absolute Gasteiger partial charge is 0.489 e. The number of anilines is 1. The van der Waals surface area contributed by atoms with Gasteiger partial charge in [-0.25, -0.2) is 9.50 Å². The number of carbonyl (C=O) groups is 1. The standard InChI is InChI=1S/C23H22N6O3/c1-3-22(31)28-8-6-27(7-9-28)21-5-4-17(12-25-21)20-10-19(32-15-16(2)30)14-29-23(20)18(11-24)13-26-29/h1,4-5,10,12-14,16,30H,6-9,15H2,2H3/t16-/m1/s1. The van der Waals surface area contributed by atoms with Gasteiger partial charge in [0.05, 0.1) is 29.6 Å². The molecule has 1 saturated heterocycles. The maximum absolute atomic E-state index is 11.7. The van der Waals surface area contributed by atoms with Gasteiger partial charge < -0.3 is 19.6 Å². The van der Waals surface area contributed by atoms with Crippen molar-refractivity contribution < 1.29 is 14.6 Å². The Morgan fingerprint density at radius 2 is 2.09 bits per heavy atom. The number of rotatable bonds is 5. The quantitative estimate of drug-likeness (QED) is 0.608. The van der Waals surface area contributed by atoms with E-state index in [1.54, 1.807) is 28.7 Å². The van der Waals surface area contributed by atoms with Crippen LogP contribution in [0.5, 0.6) is 5.75 Å². The number of terminal acetylenes is 1. The van der Waals surface area contributed by atoms with Gasteiger partial charge in [0.15, 0.2) is 0 Å². The minimum atomic E-state index is -0.612. The first kappa shape index (κ1) is 21.2. The predicted octanol–water partition coefficient (Wildman–Crippen LogP) is 1.31. The van der Waals surface area contributed by atoms with Crippen LogP contribution >= 0.6 is 0 Å². The number of fused-ring (bicyclic) bond motifs is 1. The maximum atomic E-state index is 11.7. The van der Waals surface area contributed by atoms with Crippen LogP contribution in [0.3, 0.4) is 0 Å². The van der Waals surface area contributed by atoms with E-state index in [-0.39, 0.29) is 12.5 Å². The van der Waals surface area contributed by atoms with E-state index in [1.165, 1.54) is 6.20 Å². The molecule has 3 aromatic heterocycles. The zero-order valence-electron chi connectivity index (χ0n) is 17.6. The number of piperazine rings is 1. The van der Waals surface area contributed by atoms with Crippen LogP contribution in [0.25, 0.3) is 16.6 Å². The third-order valence-corrected chi connectivity index (χ3v) is 5.27. The molecule has 1 N–H and O–H groups in total. The summed E-state index contributed by atoms with van der Waals surface area (Å²) >= 11 is 0. The average molecular weight is 430 g/mol. The van der Waals surface area contributed by atoms with Gasteiger partial charge in [0, 0.05) is 43.5 Å². The van der Waals surface area contributed by atoms with Gasteiger partial charge in [-0.15, -0.1) is 6.42 Å². The molecule has 162 valence electrons. The molecule has 0 bridgehead atoms. The molecule has 32 heavy (non-hydrogen) atoms. The fourth-order valence-electron chi connectivity index (χ4n) is 3.66. The zero-order chi connectivity index (χ0) is 22.7. The van der Waals surface area contributed by atoms with Gasteiger partial charge in [-0.05, 0) is 31.0 Å². The second kappa shape index (κ2) is 8.96. The number of nitriles is 1. The van der Waals surface area contributed by atoms with E-state index in [0.717, 1.165) is 16.9 Å². The monoisotopic (exact) mass is 430 g/mol. The summed E-state index contributed by atoms with van der Waals surface area (Å²) in [6, 6.07) is 7.84. The molecule has 0 radical (unpaired) electrons. The van der Waals surface area contributed by atoms with Crippen LogP contribution in [-0.4, -0.2) is 69.4 Å². The summed E-state index contributed by atoms with van der Waals surface area (Å²) in [5.74, 6) is 3.19. The molecule has 9 heteroatoms. The lowest BCUT2D eigenvalue weighted by Crippen LogP contribution is -2.48. The summed E-state index contributed by atoms with van der Waals surface area (Å²) in [7, 11) is 0. The Bertz CT molecular complexity index is 1210. The van der Waals surface area contributed by atoms with Crippen LogP contribution in [-0.2, 0) is 4.79 Å². The third-order valence-electron chi connectivity index (χ3n) is 5.27. The summed E-state index contributed by atoms with van der Waals surface area (Å²) in [4.78, 5) is 20.0. The molecule has 4 heterocycles. The molecule has 1 amide bonds. The van der Waals surface area contributed by atoms with Gasteiger partial charge >= 0.3 is 0 Å². The number of amides is 1. The lowest BCUT2D eigenvalue weighted by Gasteiger charge is -2.34. The first-order valence-electron chi connectivity index (χ1n) is 10.2. The second-order valence-corrected chi connectivity index (χ2v) is 7.54. The molecule has 0 aliphatic carbocycles. The van der Waals surface area contributed by atoms with Crippen molar-refractivity contribution in [2.24, 2.45) is 0 Å². The Kier molecular flexibility index (Phi) is 5.93. The average Bonchev–Trinajstić information content (AvgIpc) is 3.25. The highest BCUT2D eigenvalue weighted by Crippen LogP contribution is 2.31. The van der Waals surface area contributed by atoms with E-state index in [9.17, 15) is 15.2 Å². The smallest absolute Gasteiger partial charge is 0.298 e. The summed E-state index contributed by atoms with van der Waals surface area (Å²) < 4.78 is 7.27. The molecule has 3 aromatic rings. The minimum absolute atomic E-state index is 0.142. The van der Waals surface area contributed by atoms with Gasteiger partial charge in [-0.1, -0.05) is 0 Å². The number of carbonyl (C=O) groups excluding carboxylic acids is 1. The molecule has 0 saturated carbocycles. The van der Waals surface area contributed by atoms with Crippen molar-refractivity contribution >= 4 is 17.2 Å². The molecule has 9 nitrogen and oxygen atoms in total. The number of ether oxygens (including phenoxy) is 1. The Morgan fingerprint density at radius 3 is 2.72 bits per heavy atom. The number of aliphatic hydroxyl groups is 1. The number of aromatic nitrogens is 3. The van der Waals surface area contributed by atoms with Crippen LogP contribution in [0.1, 0.15) is 12.5 Å². The molecule has 0 aromatic carbocycles. The number of hydrogen-bond donors (Lipinski definition) is 1. The Hall–Kier alpha value is -4.08. The molecular formula is C23H22N6O3. The van der Waals surface area contributed by atoms with E-state index < -0.39 is 6.10 Å². The highest BCUT2D eigenvalue weighted by Gasteiger charge is 2.21. The molecule has 1 aliphatic rings. The second-order valence-electron chi connectivity index (χ2n) is 7.54. The number of aliphatic hydroxyl groups excluding tert-OH is 1. The van der Waals surface area contributed by atoms with Crippen molar-refractivity contribution in [1.82, 2.24) is 19.5 Å². The van der Waals surface area contributed by atoms with Crippen molar-refractivity contribution in [2.75, 3.05) is 37.7 Å². The van der Waals surface area contributed by atoms with Crippen molar-refractivity contribution in [3.63, 3.8) is 0 Å². The summed E-state index contributed by atoms with van der Waals surface area (Å²) in [6.45, 7) is 4.19. The Balaban J connectivity index is 1.61. The normalized spacial score (nSPS) is 14.6. The van der Waals surface area contributed by atoms with Gasteiger partial charge in [0.1, 0.15) is 24.2 Å². The van der Waals surface area contributed by atoms with Crippen LogP contribution < -0.4 is 9.64 Å². The topological polar surface area (TPSA) is 107 Å². The number of hydrogen-bond acceptors (Lipinski definition) is 7. The van der Waals surface area contributed by atoms with Gasteiger partial charge in [0.25, 0.3) is 5.91 Å². The molecular weight excluding hydrogens is 408 g/mol. The van der Waals surface area contributed by atoms with Crippen molar-refractivity contribution in [3.8, 4) is 35.3 Å². The van der Waals surface area contributed by atoms with Crippen LogP contribution in [0.4, 0.5) is 5.82 Å². The molecule has 4 rings (SSSR count). The highest BCUT2D eigenvalue weighted by atomic mass is 16.5. The fraction of sp³-hybridized carbons (Fsp3) is 0.304. The van der Waals surface area contributed by atoms with E-state index in [2.05, 4.69) is 27.0 Å². The zero-order valence-corrected chi connectivity index (χ0v) is 17.6. The molecule has 0 unspecified atom stereocenters. The van der Waals surface area contributed by atoms with Crippen LogP contribution in [0.15, 0.2) is 36.8 Å². The number of pyridine rings is 2. The predicted molar refractivity (Wildman–Crippen MR) is 118 cm³/mol. The molecule has 1 aliphatic heterocycles. The number of nitrogens with zero attached hydrogens (tertiary/aromatic N) is 6. The van der Waals surface area contributed by atoms with Crippen molar-refractivity contribution in [3.05, 3.63) is 42.4 Å². The van der Waals surface area contributed by atoms with E-state index in [0.29, 0.717) is 43.0 Å². The van der Waals surface area contributed by atoms with E-state index >= 15 is 0 Å². The van der Waals surface area contributed by atoms with E-state index in [4.69, 9.17) is 11.2 Å². The third kappa shape index (κ3) is 4.20. The lowest BCUT2D eigenvalue weighted by atomic mass is 10.1. The fourth-order valence-corrected chi connectivity index (χ4v) is 3.66. The highest BCUT2D eigenvalue weighted by molar-refractivity contribution is 5.93. The summed E-state index contributed by atoms with van der Waals surface area (Å²) in [5.41, 5.74) is 2.67. The molecule has 1 fully saturated rings. The molecule has 1 atom stereocenters.